The number of anilines is 1. The minimum Gasteiger partial charge on any atom is -0.507 e. The number of rotatable bonds is 6. The van der Waals surface area contributed by atoms with Crippen molar-refractivity contribution >= 4 is 23.6 Å². The fourth-order valence-corrected chi connectivity index (χ4v) is 7.20. The molecule has 1 aliphatic carbocycles. The molecule has 0 fully saturated rings. The van der Waals surface area contributed by atoms with E-state index in [1.807, 2.05) is 72.8 Å². The number of esters is 3. The molecule has 0 radical (unpaired) electrons. The number of hydrogen-bond donors (Lipinski definition) is 2. The number of carbonyl (C=O) groups excluding carboxylic acids is 3. The minimum absolute atomic E-state index is 0.0214. The van der Waals surface area contributed by atoms with E-state index in [4.69, 9.17) is 19.9 Å². The molecule has 1 aliphatic rings. The first-order chi connectivity index (χ1) is 27.8. The van der Waals surface area contributed by atoms with Gasteiger partial charge in [-0.3, -0.25) is 0 Å². The molecule has 0 saturated carbocycles. The highest BCUT2D eigenvalue weighted by molar-refractivity contribution is 5.93. The van der Waals surface area contributed by atoms with Gasteiger partial charge in [-0.1, -0.05) is 109 Å². The lowest BCUT2D eigenvalue weighted by Crippen LogP contribution is -2.15. The first kappa shape index (κ1) is 36.5. The van der Waals surface area contributed by atoms with Gasteiger partial charge in [0.15, 0.2) is 0 Å². The topological polar surface area (TPSA) is 125 Å². The summed E-state index contributed by atoms with van der Waals surface area (Å²) >= 11 is 0. The summed E-state index contributed by atoms with van der Waals surface area (Å²) in [4.78, 5) is 41.1. The molecule has 7 aromatic carbocycles. The molecule has 0 atom stereocenters. The molecular formula is C49H37NO7. The normalized spacial score (nSPS) is 11.9. The Kier molecular flexibility index (Phi) is 10.3. The van der Waals surface area contributed by atoms with Gasteiger partial charge in [-0.05, 0) is 81.9 Å². The largest absolute Gasteiger partial charge is 0.507 e. The second-order valence-electron chi connectivity index (χ2n) is 13.9. The van der Waals surface area contributed by atoms with Crippen LogP contribution in [0.2, 0.25) is 0 Å². The zero-order chi connectivity index (χ0) is 39.3. The molecule has 8 rings (SSSR count). The number of aromatic hydroxyl groups is 1. The first-order valence-corrected chi connectivity index (χ1v) is 18.5. The van der Waals surface area contributed by atoms with Crippen molar-refractivity contribution in [2.45, 2.75) is 25.7 Å². The summed E-state index contributed by atoms with van der Waals surface area (Å²) in [6, 6.07) is 46.4. The number of phenolic OH excluding ortho intramolecular Hbond substituents is 1. The van der Waals surface area contributed by atoms with Crippen molar-refractivity contribution in [1.82, 2.24) is 0 Å². The van der Waals surface area contributed by atoms with Crippen LogP contribution in [0.5, 0.6) is 23.0 Å². The van der Waals surface area contributed by atoms with Gasteiger partial charge < -0.3 is 25.1 Å². The molecule has 57 heavy (non-hydrogen) atoms. The van der Waals surface area contributed by atoms with Crippen LogP contribution < -0.4 is 19.9 Å². The summed E-state index contributed by atoms with van der Waals surface area (Å²) < 4.78 is 18.7. The maximum Gasteiger partial charge on any atom is 0.343 e. The van der Waals surface area contributed by atoms with E-state index in [0.29, 0.717) is 84.1 Å². The van der Waals surface area contributed by atoms with E-state index in [2.05, 4.69) is 0 Å². The van der Waals surface area contributed by atoms with Crippen LogP contribution in [0.25, 0.3) is 0 Å². The molecule has 0 heterocycles. The van der Waals surface area contributed by atoms with E-state index >= 15 is 0 Å². The van der Waals surface area contributed by atoms with Gasteiger partial charge in [0.05, 0.1) is 16.7 Å². The molecule has 0 amide bonds. The SMILES string of the molecule is Nc1cc2c(O)c(c1)Cc1cccc(c1OC(=O)c1ccccc1)Cc1cccc(c1OC(=O)c1ccccc1)Cc1cccc(c1OC(=O)c1ccccc1)C2. The minimum atomic E-state index is -0.545. The highest BCUT2D eigenvalue weighted by atomic mass is 16.5. The van der Waals surface area contributed by atoms with Crippen LogP contribution in [0.1, 0.15) is 75.6 Å². The smallest absolute Gasteiger partial charge is 0.343 e. The number of ether oxygens (including phenoxy) is 3. The Balaban J connectivity index is 1.32. The van der Waals surface area contributed by atoms with Crippen LogP contribution in [0.3, 0.4) is 0 Å². The molecule has 280 valence electrons. The summed E-state index contributed by atoms with van der Waals surface area (Å²) in [6.45, 7) is 0. The van der Waals surface area contributed by atoms with Gasteiger partial charge in [-0.2, -0.15) is 0 Å². The van der Waals surface area contributed by atoms with Crippen LogP contribution >= 0.6 is 0 Å². The lowest BCUT2D eigenvalue weighted by atomic mass is 9.91. The van der Waals surface area contributed by atoms with Crippen molar-refractivity contribution in [3.05, 3.63) is 219 Å². The summed E-state index contributed by atoms with van der Waals surface area (Å²) in [5, 5.41) is 11.8. The summed E-state index contributed by atoms with van der Waals surface area (Å²) in [5.74, 6) is -0.618. The van der Waals surface area contributed by atoms with E-state index < -0.39 is 17.9 Å². The van der Waals surface area contributed by atoms with Gasteiger partial charge in [0.25, 0.3) is 0 Å². The predicted molar refractivity (Wildman–Crippen MR) is 217 cm³/mol. The molecule has 0 aromatic heterocycles. The Morgan fingerprint density at radius 2 is 0.649 bits per heavy atom. The molecule has 8 heteroatoms. The number of benzene rings is 7. The fraction of sp³-hybridized carbons (Fsp3) is 0.0816. The molecule has 0 aliphatic heterocycles. The quantitative estimate of drug-likeness (QED) is 0.0746. The van der Waals surface area contributed by atoms with Crippen molar-refractivity contribution in [1.29, 1.82) is 0 Å². The first-order valence-electron chi connectivity index (χ1n) is 18.5. The van der Waals surface area contributed by atoms with Crippen molar-refractivity contribution in [2.75, 3.05) is 5.73 Å². The zero-order valence-electron chi connectivity index (χ0n) is 30.8. The predicted octanol–water partition coefficient (Wildman–Crippen LogP) is 9.31. The zero-order valence-corrected chi connectivity index (χ0v) is 30.8. The van der Waals surface area contributed by atoms with Gasteiger partial charge in [0.2, 0.25) is 0 Å². The van der Waals surface area contributed by atoms with Crippen LogP contribution in [0.4, 0.5) is 5.69 Å². The molecule has 0 saturated heterocycles. The molecular weight excluding hydrogens is 715 g/mol. The van der Waals surface area contributed by atoms with E-state index in [-0.39, 0.29) is 31.4 Å². The Labute approximate surface area is 329 Å². The summed E-state index contributed by atoms with van der Waals surface area (Å²) in [5.41, 5.74) is 13.0. The number of nitrogen functional groups attached to an aromatic ring is 1. The van der Waals surface area contributed by atoms with Crippen LogP contribution in [0, 0.1) is 0 Å². The number of hydrogen-bond acceptors (Lipinski definition) is 8. The third-order valence-electron chi connectivity index (χ3n) is 9.96. The van der Waals surface area contributed by atoms with Crippen molar-refractivity contribution in [3.8, 4) is 23.0 Å². The molecule has 3 N–H and O–H groups in total. The van der Waals surface area contributed by atoms with E-state index in [9.17, 15) is 19.5 Å². The average Bonchev–Trinajstić information content (AvgIpc) is 3.23. The van der Waals surface area contributed by atoms with Crippen LogP contribution in [0.15, 0.2) is 158 Å². The molecule has 0 spiro atoms. The Bertz CT molecular complexity index is 2470. The standard InChI is InChI=1S/C49H37NO7/c50-42-29-40-27-38-23-11-21-36(45(38)56-48(53)32-15-6-2-7-16-32)25-34-19-10-20-35(44(34)55-47(52)31-13-4-1-5-14-31)26-37-22-12-24-39(28-41(30-42)43(40)51)46(37)57-49(54)33-17-8-3-9-18-33/h1-24,29-30,51H,25-28,50H2. The highest BCUT2D eigenvalue weighted by Crippen LogP contribution is 2.40. The summed E-state index contributed by atoms with van der Waals surface area (Å²) in [6.07, 6.45) is 0.753. The van der Waals surface area contributed by atoms with Gasteiger partial charge in [0, 0.05) is 42.5 Å². The molecule has 8 bridgehead atoms. The van der Waals surface area contributed by atoms with Crippen molar-refractivity contribution < 1.29 is 33.7 Å². The van der Waals surface area contributed by atoms with Crippen LogP contribution in [-0.4, -0.2) is 23.0 Å². The molecule has 0 unspecified atom stereocenters. The van der Waals surface area contributed by atoms with E-state index in [0.717, 1.165) is 0 Å². The number of fused-ring (bicyclic) bond motifs is 8. The molecule has 7 aromatic rings. The van der Waals surface area contributed by atoms with Crippen LogP contribution in [-0.2, 0) is 25.7 Å². The number of nitrogens with two attached hydrogens (primary N) is 1. The van der Waals surface area contributed by atoms with E-state index in [1.54, 1.807) is 84.9 Å². The lowest BCUT2D eigenvalue weighted by molar-refractivity contribution is 0.0722. The average molecular weight is 752 g/mol. The Morgan fingerprint density at radius 3 is 0.930 bits per heavy atom. The van der Waals surface area contributed by atoms with Crippen molar-refractivity contribution in [2.24, 2.45) is 0 Å². The van der Waals surface area contributed by atoms with Gasteiger partial charge in [-0.25, -0.2) is 14.4 Å². The monoisotopic (exact) mass is 751 g/mol. The van der Waals surface area contributed by atoms with E-state index in [1.165, 1.54) is 0 Å². The number of phenols is 1. The highest BCUT2D eigenvalue weighted by Gasteiger charge is 2.25. The van der Waals surface area contributed by atoms with Crippen molar-refractivity contribution in [3.63, 3.8) is 0 Å². The lowest BCUT2D eigenvalue weighted by Gasteiger charge is -2.21. The second-order valence-corrected chi connectivity index (χ2v) is 13.9. The maximum absolute atomic E-state index is 13.8. The van der Waals surface area contributed by atoms with Gasteiger partial charge >= 0.3 is 17.9 Å². The third kappa shape index (κ3) is 8.02. The van der Waals surface area contributed by atoms with Gasteiger partial charge in [-0.15, -0.1) is 0 Å². The second kappa shape index (κ2) is 16.1. The van der Waals surface area contributed by atoms with Gasteiger partial charge in [0.1, 0.15) is 23.0 Å². The Morgan fingerprint density at radius 1 is 0.386 bits per heavy atom. The Hall–Kier alpha value is -7.45. The third-order valence-corrected chi connectivity index (χ3v) is 9.96. The number of carbonyl (C=O) groups is 3. The number of para-hydroxylation sites is 3. The summed E-state index contributed by atoms with van der Waals surface area (Å²) in [7, 11) is 0. The molecule has 8 nitrogen and oxygen atoms in total. The fourth-order valence-electron chi connectivity index (χ4n) is 7.20. The maximum atomic E-state index is 13.8.